The molecule has 27 heavy (non-hydrogen) atoms. The van der Waals surface area contributed by atoms with Crippen molar-refractivity contribution in [3.63, 3.8) is 0 Å². The van der Waals surface area contributed by atoms with E-state index in [9.17, 15) is 18.4 Å². The lowest BCUT2D eigenvalue weighted by Gasteiger charge is -2.09. The summed E-state index contributed by atoms with van der Waals surface area (Å²) in [4.78, 5) is 30.0. The standard InChI is InChI=1S/C17H13F2N5O2S/c1-8-5-13-15(16(26)24-17(21-13)27-9(2)22-24)23(8)7-14(25)20-12-6-10(18)3-4-11(12)19/h3-6H,7H2,1-2H3,(H,20,25). The third-order valence-corrected chi connectivity index (χ3v) is 4.88. The average molecular weight is 389 g/mol. The predicted molar refractivity (Wildman–Crippen MR) is 97.1 cm³/mol. The van der Waals surface area contributed by atoms with Crippen molar-refractivity contribution in [3.05, 3.63) is 57.0 Å². The van der Waals surface area contributed by atoms with Gasteiger partial charge in [0.2, 0.25) is 10.9 Å². The molecule has 0 radical (unpaired) electrons. The molecule has 138 valence electrons. The van der Waals surface area contributed by atoms with E-state index in [0.717, 1.165) is 18.2 Å². The first-order valence-electron chi connectivity index (χ1n) is 7.94. The molecule has 0 fully saturated rings. The molecule has 0 saturated carbocycles. The Balaban J connectivity index is 1.74. The highest BCUT2D eigenvalue weighted by atomic mass is 32.1. The molecular formula is C17H13F2N5O2S. The Morgan fingerprint density at radius 1 is 1.26 bits per heavy atom. The molecule has 0 unspecified atom stereocenters. The van der Waals surface area contributed by atoms with Crippen molar-refractivity contribution in [1.29, 1.82) is 0 Å². The highest BCUT2D eigenvalue weighted by Gasteiger charge is 2.18. The lowest BCUT2D eigenvalue weighted by atomic mass is 10.3. The lowest BCUT2D eigenvalue weighted by Crippen LogP contribution is -2.24. The van der Waals surface area contributed by atoms with Crippen molar-refractivity contribution in [2.75, 3.05) is 5.32 Å². The zero-order valence-corrected chi connectivity index (χ0v) is 15.1. The molecule has 1 amide bonds. The van der Waals surface area contributed by atoms with Crippen LogP contribution >= 0.6 is 11.3 Å². The Morgan fingerprint density at radius 3 is 2.81 bits per heavy atom. The van der Waals surface area contributed by atoms with Crippen molar-refractivity contribution < 1.29 is 13.6 Å². The van der Waals surface area contributed by atoms with Gasteiger partial charge >= 0.3 is 0 Å². The first kappa shape index (κ1) is 17.3. The summed E-state index contributed by atoms with van der Waals surface area (Å²) < 4.78 is 29.7. The summed E-state index contributed by atoms with van der Waals surface area (Å²) in [6.07, 6.45) is 0. The summed E-state index contributed by atoms with van der Waals surface area (Å²) in [5.74, 6) is -2.02. The van der Waals surface area contributed by atoms with Gasteiger partial charge in [-0.15, -0.1) is 0 Å². The Morgan fingerprint density at radius 2 is 2.04 bits per heavy atom. The van der Waals surface area contributed by atoms with E-state index in [0.29, 0.717) is 21.2 Å². The largest absolute Gasteiger partial charge is 0.330 e. The molecule has 4 rings (SSSR count). The number of aromatic nitrogens is 4. The van der Waals surface area contributed by atoms with Crippen LogP contribution in [-0.4, -0.2) is 25.1 Å². The maximum Gasteiger partial charge on any atom is 0.299 e. The predicted octanol–water partition coefficient (Wildman–Crippen LogP) is 2.64. The van der Waals surface area contributed by atoms with Crippen LogP contribution in [-0.2, 0) is 11.3 Å². The number of aryl methyl sites for hydroxylation is 2. The SMILES string of the molecule is Cc1nn2c(=O)c3c(cc(C)n3CC(=O)Nc3cc(F)ccc3F)nc2s1. The number of benzene rings is 1. The number of nitrogens with one attached hydrogen (secondary N) is 1. The smallest absolute Gasteiger partial charge is 0.299 e. The molecule has 1 N–H and O–H groups in total. The lowest BCUT2D eigenvalue weighted by molar-refractivity contribution is -0.116. The fourth-order valence-electron chi connectivity index (χ4n) is 2.88. The van der Waals surface area contributed by atoms with Gasteiger partial charge < -0.3 is 9.88 Å². The molecule has 3 heterocycles. The maximum absolute atomic E-state index is 13.7. The molecule has 0 saturated heterocycles. The molecule has 7 nitrogen and oxygen atoms in total. The van der Waals surface area contributed by atoms with Gasteiger partial charge in [0, 0.05) is 11.8 Å². The molecule has 1 aromatic carbocycles. The number of fused-ring (bicyclic) bond motifs is 2. The fourth-order valence-corrected chi connectivity index (χ4v) is 3.63. The molecular weight excluding hydrogens is 376 g/mol. The van der Waals surface area contributed by atoms with Gasteiger partial charge in [-0.05, 0) is 32.0 Å². The Labute approximate surface area is 154 Å². The maximum atomic E-state index is 13.7. The Kier molecular flexibility index (Phi) is 3.99. The van der Waals surface area contributed by atoms with E-state index in [1.54, 1.807) is 19.9 Å². The van der Waals surface area contributed by atoms with Crippen molar-refractivity contribution >= 4 is 38.9 Å². The van der Waals surface area contributed by atoms with Crippen LogP contribution in [0, 0.1) is 25.5 Å². The summed E-state index contributed by atoms with van der Waals surface area (Å²) in [6.45, 7) is 3.25. The number of rotatable bonds is 3. The number of nitrogens with zero attached hydrogens (tertiary/aromatic N) is 4. The molecule has 0 aliphatic rings. The van der Waals surface area contributed by atoms with Crippen LogP contribution in [0.4, 0.5) is 14.5 Å². The van der Waals surface area contributed by atoms with Crippen LogP contribution in [0.15, 0.2) is 29.1 Å². The first-order chi connectivity index (χ1) is 12.8. The van der Waals surface area contributed by atoms with Gasteiger partial charge in [-0.3, -0.25) is 9.59 Å². The summed E-state index contributed by atoms with van der Waals surface area (Å²) >= 11 is 1.29. The third-order valence-electron chi connectivity index (χ3n) is 4.06. The quantitative estimate of drug-likeness (QED) is 0.584. The molecule has 0 bridgehead atoms. The number of halogens is 2. The van der Waals surface area contributed by atoms with Crippen LogP contribution in [0.2, 0.25) is 0 Å². The number of hydrogen-bond donors (Lipinski definition) is 1. The van der Waals surface area contributed by atoms with Crippen LogP contribution in [0.3, 0.4) is 0 Å². The van der Waals surface area contributed by atoms with Gasteiger partial charge in [0.25, 0.3) is 5.56 Å². The van der Waals surface area contributed by atoms with Gasteiger partial charge in [-0.1, -0.05) is 11.3 Å². The summed E-state index contributed by atoms with van der Waals surface area (Å²) in [7, 11) is 0. The van der Waals surface area contributed by atoms with Crippen LogP contribution in [0.5, 0.6) is 0 Å². The van der Waals surface area contributed by atoms with Gasteiger partial charge in [0.05, 0.1) is 11.2 Å². The molecule has 0 aliphatic carbocycles. The monoisotopic (exact) mass is 389 g/mol. The number of hydrogen-bond acceptors (Lipinski definition) is 5. The van der Waals surface area contributed by atoms with Crippen LogP contribution < -0.4 is 10.9 Å². The second-order valence-electron chi connectivity index (χ2n) is 6.01. The number of carbonyl (C=O) groups is 1. The summed E-state index contributed by atoms with van der Waals surface area (Å²) in [5.41, 5.74) is 0.661. The topological polar surface area (TPSA) is 81.3 Å². The second kappa shape index (κ2) is 6.23. The zero-order valence-electron chi connectivity index (χ0n) is 14.3. The molecule has 10 heteroatoms. The molecule has 4 aromatic rings. The van der Waals surface area contributed by atoms with Gasteiger partial charge in [0.1, 0.15) is 28.7 Å². The highest BCUT2D eigenvalue weighted by Crippen LogP contribution is 2.19. The average Bonchev–Trinajstić information content (AvgIpc) is 3.11. The summed E-state index contributed by atoms with van der Waals surface area (Å²) in [5, 5.41) is 7.15. The van der Waals surface area contributed by atoms with Crippen molar-refractivity contribution in [2.24, 2.45) is 0 Å². The second-order valence-corrected chi connectivity index (χ2v) is 7.17. The molecule has 0 atom stereocenters. The van der Waals surface area contributed by atoms with E-state index in [-0.39, 0.29) is 17.7 Å². The molecule has 3 aromatic heterocycles. The summed E-state index contributed by atoms with van der Waals surface area (Å²) in [6, 6.07) is 4.48. The van der Waals surface area contributed by atoms with E-state index < -0.39 is 23.1 Å². The van der Waals surface area contributed by atoms with Gasteiger partial charge in [-0.2, -0.15) is 9.61 Å². The van der Waals surface area contributed by atoms with E-state index >= 15 is 0 Å². The number of carbonyl (C=O) groups excluding carboxylic acids is 1. The first-order valence-corrected chi connectivity index (χ1v) is 8.76. The number of amides is 1. The third kappa shape index (κ3) is 2.97. The van der Waals surface area contributed by atoms with Crippen molar-refractivity contribution in [1.82, 2.24) is 19.2 Å². The van der Waals surface area contributed by atoms with Gasteiger partial charge in [-0.25, -0.2) is 13.8 Å². The van der Waals surface area contributed by atoms with E-state index in [1.165, 1.54) is 20.4 Å². The van der Waals surface area contributed by atoms with E-state index in [2.05, 4.69) is 15.4 Å². The molecule has 0 spiro atoms. The minimum atomic E-state index is -0.750. The molecule has 0 aliphatic heterocycles. The minimum absolute atomic E-state index is 0.227. The van der Waals surface area contributed by atoms with Crippen molar-refractivity contribution in [3.8, 4) is 0 Å². The van der Waals surface area contributed by atoms with E-state index in [1.807, 2.05) is 0 Å². The van der Waals surface area contributed by atoms with Crippen LogP contribution in [0.25, 0.3) is 16.0 Å². The normalized spacial score (nSPS) is 11.4. The van der Waals surface area contributed by atoms with Crippen molar-refractivity contribution in [2.45, 2.75) is 20.4 Å². The Hall–Kier alpha value is -3.14. The minimum Gasteiger partial charge on any atom is -0.330 e. The van der Waals surface area contributed by atoms with Crippen LogP contribution in [0.1, 0.15) is 10.7 Å². The number of anilines is 1. The zero-order chi connectivity index (χ0) is 19.3. The van der Waals surface area contributed by atoms with E-state index in [4.69, 9.17) is 0 Å². The highest BCUT2D eigenvalue weighted by molar-refractivity contribution is 7.16. The Bertz CT molecular complexity index is 1270. The van der Waals surface area contributed by atoms with Gasteiger partial charge in [0.15, 0.2) is 0 Å². The fraction of sp³-hybridized carbons (Fsp3) is 0.176.